The molecule has 1 aromatic heterocycles. The molecule has 0 fully saturated rings. The molecule has 0 unspecified atom stereocenters. The summed E-state index contributed by atoms with van der Waals surface area (Å²) in [6.45, 7) is 6.31. The van der Waals surface area contributed by atoms with Gasteiger partial charge in [-0.1, -0.05) is 18.2 Å². The second-order valence-corrected chi connectivity index (χ2v) is 7.14. The van der Waals surface area contributed by atoms with Crippen LogP contribution in [0.15, 0.2) is 47.3 Å². The summed E-state index contributed by atoms with van der Waals surface area (Å²) in [5.74, 6) is -0.0229. The number of fused-ring (bicyclic) bond motifs is 2. The van der Waals surface area contributed by atoms with Crippen LogP contribution in [0.1, 0.15) is 41.9 Å². The van der Waals surface area contributed by atoms with Gasteiger partial charge in [-0.15, -0.1) is 0 Å². The Bertz CT molecular complexity index is 1100. The number of para-hydroxylation sites is 1. The standard InChI is InChI=1S/C22H23N3O2/c1-4-24-20-12-11-17(13-18(20)23-15(3)21(24)26)22(27)25-14(2)9-10-16-7-5-6-8-19(16)25/h5-8,11-14H,4,9-10H2,1-3H3/t14-/m0/s1. The average molecular weight is 361 g/mol. The molecule has 0 radical (unpaired) electrons. The summed E-state index contributed by atoms with van der Waals surface area (Å²) in [7, 11) is 0. The number of nitrogens with zero attached hydrogens (tertiary/aromatic N) is 3. The number of amides is 1. The van der Waals surface area contributed by atoms with Crippen LogP contribution < -0.4 is 10.5 Å². The molecule has 2 aromatic carbocycles. The lowest BCUT2D eigenvalue weighted by atomic mass is 9.95. The Hall–Kier alpha value is -2.95. The molecule has 4 rings (SSSR count). The van der Waals surface area contributed by atoms with E-state index in [2.05, 4.69) is 18.0 Å². The van der Waals surface area contributed by atoms with E-state index < -0.39 is 0 Å². The maximum absolute atomic E-state index is 13.4. The van der Waals surface area contributed by atoms with Gasteiger partial charge in [-0.25, -0.2) is 4.98 Å². The molecular formula is C22H23N3O2. The molecule has 0 N–H and O–H groups in total. The summed E-state index contributed by atoms with van der Waals surface area (Å²) in [6.07, 6.45) is 1.94. The predicted molar refractivity (Wildman–Crippen MR) is 107 cm³/mol. The van der Waals surface area contributed by atoms with Crippen molar-refractivity contribution in [3.8, 4) is 0 Å². The molecule has 27 heavy (non-hydrogen) atoms. The van der Waals surface area contributed by atoms with Crippen LogP contribution in [0.25, 0.3) is 11.0 Å². The quantitative estimate of drug-likeness (QED) is 0.699. The van der Waals surface area contributed by atoms with Crippen molar-refractivity contribution in [3.63, 3.8) is 0 Å². The van der Waals surface area contributed by atoms with Crippen LogP contribution in [0.2, 0.25) is 0 Å². The van der Waals surface area contributed by atoms with E-state index >= 15 is 0 Å². The normalized spacial score (nSPS) is 16.4. The highest BCUT2D eigenvalue weighted by molar-refractivity contribution is 6.08. The Balaban J connectivity index is 1.82. The summed E-state index contributed by atoms with van der Waals surface area (Å²) >= 11 is 0. The molecule has 5 heteroatoms. The lowest BCUT2D eigenvalue weighted by Gasteiger charge is -2.35. The molecule has 0 aliphatic carbocycles. The highest BCUT2D eigenvalue weighted by Gasteiger charge is 2.29. The topological polar surface area (TPSA) is 55.2 Å². The Morgan fingerprint density at radius 1 is 1.22 bits per heavy atom. The molecule has 0 saturated carbocycles. The predicted octanol–water partition coefficient (Wildman–Crippen LogP) is 3.71. The number of rotatable bonds is 2. The minimum atomic E-state index is -0.0809. The molecule has 2 heterocycles. The van der Waals surface area contributed by atoms with Gasteiger partial charge in [0.2, 0.25) is 0 Å². The highest BCUT2D eigenvalue weighted by atomic mass is 16.2. The molecule has 1 atom stereocenters. The number of anilines is 1. The number of aryl methyl sites for hydroxylation is 3. The number of aromatic nitrogens is 2. The zero-order valence-corrected chi connectivity index (χ0v) is 15.9. The number of carbonyl (C=O) groups excluding carboxylic acids is 1. The van der Waals surface area contributed by atoms with E-state index in [0.29, 0.717) is 23.3 Å². The van der Waals surface area contributed by atoms with Crippen molar-refractivity contribution in [2.45, 2.75) is 46.2 Å². The van der Waals surface area contributed by atoms with Crippen molar-refractivity contribution < 1.29 is 4.79 Å². The van der Waals surface area contributed by atoms with E-state index in [1.165, 1.54) is 5.56 Å². The second kappa shape index (κ2) is 6.65. The van der Waals surface area contributed by atoms with Crippen molar-refractivity contribution in [2.24, 2.45) is 0 Å². The number of hydrogen-bond acceptors (Lipinski definition) is 3. The first kappa shape index (κ1) is 17.5. The Labute approximate surface area is 158 Å². The van der Waals surface area contributed by atoms with Crippen LogP contribution in [0.5, 0.6) is 0 Å². The minimum absolute atomic E-state index is 0.0229. The van der Waals surface area contributed by atoms with Crippen molar-refractivity contribution in [1.82, 2.24) is 9.55 Å². The SMILES string of the molecule is CCn1c(=O)c(C)nc2cc(C(=O)N3c4ccccc4CC[C@@H]3C)ccc21. The molecule has 0 spiro atoms. The van der Waals surface area contributed by atoms with Crippen LogP contribution in [0, 0.1) is 6.92 Å². The highest BCUT2D eigenvalue weighted by Crippen LogP contribution is 2.32. The van der Waals surface area contributed by atoms with E-state index in [1.54, 1.807) is 23.6 Å². The van der Waals surface area contributed by atoms with Gasteiger partial charge in [-0.3, -0.25) is 9.59 Å². The molecule has 5 nitrogen and oxygen atoms in total. The van der Waals surface area contributed by atoms with Crippen LogP contribution in [0.4, 0.5) is 5.69 Å². The smallest absolute Gasteiger partial charge is 0.272 e. The number of hydrogen-bond donors (Lipinski definition) is 0. The van der Waals surface area contributed by atoms with Crippen molar-refractivity contribution in [3.05, 3.63) is 69.6 Å². The summed E-state index contributed by atoms with van der Waals surface area (Å²) in [4.78, 5) is 32.0. The third-order valence-electron chi connectivity index (χ3n) is 5.41. The molecule has 1 aliphatic heterocycles. The number of carbonyl (C=O) groups is 1. The van der Waals surface area contributed by atoms with Crippen molar-refractivity contribution >= 4 is 22.6 Å². The maximum atomic E-state index is 13.4. The molecule has 1 amide bonds. The van der Waals surface area contributed by atoms with E-state index in [-0.39, 0.29) is 17.5 Å². The summed E-state index contributed by atoms with van der Waals surface area (Å²) < 4.78 is 1.70. The van der Waals surface area contributed by atoms with Gasteiger partial charge in [0.05, 0.1) is 11.0 Å². The van der Waals surface area contributed by atoms with Crippen molar-refractivity contribution in [1.29, 1.82) is 0 Å². The van der Waals surface area contributed by atoms with Gasteiger partial charge in [0, 0.05) is 23.8 Å². The first-order chi connectivity index (χ1) is 13.0. The van der Waals surface area contributed by atoms with Gasteiger partial charge < -0.3 is 9.47 Å². The fourth-order valence-corrected chi connectivity index (χ4v) is 3.96. The summed E-state index contributed by atoms with van der Waals surface area (Å²) in [5.41, 5.74) is 4.60. The van der Waals surface area contributed by atoms with Crippen molar-refractivity contribution in [2.75, 3.05) is 4.90 Å². The van der Waals surface area contributed by atoms with E-state index in [1.807, 2.05) is 36.1 Å². The summed E-state index contributed by atoms with van der Waals surface area (Å²) in [5, 5.41) is 0. The average Bonchev–Trinajstić information content (AvgIpc) is 2.68. The molecule has 3 aromatic rings. The fraction of sp³-hybridized carbons (Fsp3) is 0.318. The first-order valence-electron chi connectivity index (χ1n) is 9.44. The van der Waals surface area contributed by atoms with Gasteiger partial charge in [-0.2, -0.15) is 0 Å². The fourth-order valence-electron chi connectivity index (χ4n) is 3.96. The van der Waals surface area contributed by atoms with Gasteiger partial charge in [0.25, 0.3) is 11.5 Å². The molecular weight excluding hydrogens is 338 g/mol. The Morgan fingerprint density at radius 2 is 2.00 bits per heavy atom. The molecule has 0 bridgehead atoms. The maximum Gasteiger partial charge on any atom is 0.272 e. The Kier molecular flexibility index (Phi) is 4.30. The van der Waals surface area contributed by atoms with Crippen LogP contribution >= 0.6 is 0 Å². The third kappa shape index (κ3) is 2.83. The third-order valence-corrected chi connectivity index (χ3v) is 5.41. The summed E-state index contributed by atoms with van der Waals surface area (Å²) in [6, 6.07) is 13.7. The molecule has 1 aliphatic rings. The van der Waals surface area contributed by atoms with Gasteiger partial charge in [0.1, 0.15) is 5.69 Å². The zero-order valence-electron chi connectivity index (χ0n) is 15.9. The van der Waals surface area contributed by atoms with Gasteiger partial charge in [0.15, 0.2) is 0 Å². The lowest BCUT2D eigenvalue weighted by Crippen LogP contribution is -2.42. The Morgan fingerprint density at radius 3 is 2.78 bits per heavy atom. The zero-order chi connectivity index (χ0) is 19.1. The lowest BCUT2D eigenvalue weighted by molar-refractivity contribution is 0.0975. The van der Waals surface area contributed by atoms with Gasteiger partial charge >= 0.3 is 0 Å². The first-order valence-corrected chi connectivity index (χ1v) is 9.44. The monoisotopic (exact) mass is 361 g/mol. The minimum Gasteiger partial charge on any atom is -0.305 e. The van der Waals surface area contributed by atoms with Crippen LogP contribution in [-0.4, -0.2) is 21.5 Å². The van der Waals surface area contributed by atoms with Crippen LogP contribution in [0.3, 0.4) is 0 Å². The molecule has 138 valence electrons. The second-order valence-electron chi connectivity index (χ2n) is 7.14. The van der Waals surface area contributed by atoms with Gasteiger partial charge in [-0.05, 0) is 63.4 Å². The van der Waals surface area contributed by atoms with Crippen LogP contribution in [-0.2, 0) is 13.0 Å². The van der Waals surface area contributed by atoms with E-state index in [0.717, 1.165) is 24.0 Å². The van der Waals surface area contributed by atoms with E-state index in [4.69, 9.17) is 0 Å². The molecule has 0 saturated heterocycles. The van der Waals surface area contributed by atoms with E-state index in [9.17, 15) is 9.59 Å². The largest absolute Gasteiger partial charge is 0.305 e. The number of benzene rings is 2.